The lowest BCUT2D eigenvalue weighted by molar-refractivity contribution is -0.118. The number of benzene rings is 2. The van der Waals surface area contributed by atoms with Gasteiger partial charge < -0.3 is 10.2 Å². The van der Waals surface area contributed by atoms with Gasteiger partial charge in [-0.3, -0.25) is 9.59 Å². The van der Waals surface area contributed by atoms with Gasteiger partial charge in [-0.15, -0.1) is 0 Å². The van der Waals surface area contributed by atoms with Crippen molar-refractivity contribution in [3.63, 3.8) is 0 Å². The molecule has 0 saturated heterocycles. The number of anilines is 2. The van der Waals surface area contributed by atoms with E-state index in [-0.39, 0.29) is 11.8 Å². The SMILES string of the molecule is Cc1cc(C)cc(NC(=O)Cc2ccc3c(c2)CCC(=O)N3C)c1. The van der Waals surface area contributed by atoms with Gasteiger partial charge in [0, 0.05) is 24.8 Å². The standard InChI is InChI=1S/C20H22N2O2/c1-13-8-14(2)10-17(9-13)21-19(23)12-15-4-6-18-16(11-15)5-7-20(24)22(18)3/h4,6,8-11H,5,7,12H2,1-3H3,(H,21,23). The number of carbonyl (C=O) groups is 2. The number of rotatable bonds is 3. The van der Waals surface area contributed by atoms with Gasteiger partial charge in [0.05, 0.1) is 6.42 Å². The second kappa shape index (κ2) is 6.48. The van der Waals surface area contributed by atoms with Crippen molar-refractivity contribution in [2.75, 3.05) is 17.3 Å². The molecule has 24 heavy (non-hydrogen) atoms. The largest absolute Gasteiger partial charge is 0.326 e. The Morgan fingerprint density at radius 2 is 1.79 bits per heavy atom. The maximum absolute atomic E-state index is 12.3. The van der Waals surface area contributed by atoms with Gasteiger partial charge in [0.2, 0.25) is 11.8 Å². The number of hydrogen-bond acceptors (Lipinski definition) is 2. The average molecular weight is 322 g/mol. The molecular weight excluding hydrogens is 300 g/mol. The van der Waals surface area contributed by atoms with Crippen LogP contribution in [0.2, 0.25) is 0 Å². The lowest BCUT2D eigenvalue weighted by atomic mass is 9.98. The molecule has 1 N–H and O–H groups in total. The highest BCUT2D eigenvalue weighted by molar-refractivity contribution is 5.96. The van der Waals surface area contributed by atoms with Crippen molar-refractivity contribution in [3.8, 4) is 0 Å². The summed E-state index contributed by atoms with van der Waals surface area (Å²) in [6.07, 6.45) is 1.60. The number of hydrogen-bond donors (Lipinski definition) is 1. The van der Waals surface area contributed by atoms with Gasteiger partial charge in [-0.25, -0.2) is 0 Å². The molecule has 2 aromatic rings. The molecule has 4 nitrogen and oxygen atoms in total. The number of amides is 2. The zero-order chi connectivity index (χ0) is 17.3. The molecule has 0 fully saturated rings. The fourth-order valence-corrected chi connectivity index (χ4v) is 3.26. The van der Waals surface area contributed by atoms with Crippen LogP contribution in [0.1, 0.15) is 28.7 Å². The maximum atomic E-state index is 12.3. The van der Waals surface area contributed by atoms with Crippen LogP contribution in [-0.2, 0) is 22.4 Å². The third kappa shape index (κ3) is 3.48. The van der Waals surface area contributed by atoms with Crippen LogP contribution in [0.5, 0.6) is 0 Å². The van der Waals surface area contributed by atoms with Gasteiger partial charge in [0.15, 0.2) is 0 Å². The first-order valence-electron chi connectivity index (χ1n) is 8.19. The Hall–Kier alpha value is -2.62. The Balaban J connectivity index is 1.72. The normalized spacial score (nSPS) is 13.6. The Bertz CT molecular complexity index is 791. The van der Waals surface area contributed by atoms with Crippen molar-refractivity contribution in [2.45, 2.75) is 33.1 Å². The smallest absolute Gasteiger partial charge is 0.228 e. The van der Waals surface area contributed by atoms with Crippen LogP contribution in [0.15, 0.2) is 36.4 Å². The molecule has 1 heterocycles. The van der Waals surface area contributed by atoms with Crippen molar-refractivity contribution in [2.24, 2.45) is 0 Å². The molecule has 2 amide bonds. The van der Waals surface area contributed by atoms with Crippen LogP contribution >= 0.6 is 0 Å². The zero-order valence-corrected chi connectivity index (χ0v) is 14.3. The van der Waals surface area contributed by atoms with Gasteiger partial charge in [-0.2, -0.15) is 0 Å². The first kappa shape index (κ1) is 16.2. The molecule has 1 aliphatic heterocycles. The fraction of sp³-hybridized carbons (Fsp3) is 0.300. The molecule has 3 rings (SSSR count). The van der Waals surface area contributed by atoms with E-state index in [1.165, 1.54) is 0 Å². The maximum Gasteiger partial charge on any atom is 0.228 e. The van der Waals surface area contributed by atoms with Crippen molar-refractivity contribution in [3.05, 3.63) is 58.7 Å². The van der Waals surface area contributed by atoms with Gasteiger partial charge >= 0.3 is 0 Å². The monoisotopic (exact) mass is 322 g/mol. The van der Waals surface area contributed by atoms with Crippen molar-refractivity contribution in [1.82, 2.24) is 0 Å². The molecule has 0 aromatic heterocycles. The number of nitrogens with zero attached hydrogens (tertiary/aromatic N) is 1. The van der Waals surface area contributed by atoms with Crippen molar-refractivity contribution < 1.29 is 9.59 Å². The Morgan fingerprint density at radius 3 is 2.50 bits per heavy atom. The Kier molecular flexibility index (Phi) is 4.38. The third-order valence-corrected chi connectivity index (χ3v) is 4.36. The molecule has 0 spiro atoms. The predicted molar refractivity (Wildman–Crippen MR) is 96.4 cm³/mol. The van der Waals surface area contributed by atoms with Crippen LogP contribution < -0.4 is 10.2 Å². The topological polar surface area (TPSA) is 49.4 Å². The summed E-state index contributed by atoms with van der Waals surface area (Å²) < 4.78 is 0. The lowest BCUT2D eigenvalue weighted by Crippen LogP contribution is -2.31. The van der Waals surface area contributed by atoms with E-state index in [1.54, 1.807) is 11.9 Å². The molecule has 0 saturated carbocycles. The van der Waals surface area contributed by atoms with Crippen LogP contribution in [0, 0.1) is 13.8 Å². The molecule has 0 radical (unpaired) electrons. The molecular formula is C20H22N2O2. The molecule has 0 unspecified atom stereocenters. The van der Waals surface area contributed by atoms with Crippen molar-refractivity contribution >= 4 is 23.2 Å². The highest BCUT2D eigenvalue weighted by Crippen LogP contribution is 2.27. The van der Waals surface area contributed by atoms with E-state index in [9.17, 15) is 9.59 Å². The van der Waals surface area contributed by atoms with E-state index in [0.717, 1.165) is 40.0 Å². The van der Waals surface area contributed by atoms with Gasteiger partial charge in [0.25, 0.3) is 0 Å². The van der Waals surface area contributed by atoms with Crippen LogP contribution in [0.4, 0.5) is 11.4 Å². The minimum absolute atomic E-state index is 0.0276. The summed E-state index contributed by atoms with van der Waals surface area (Å²) in [6.45, 7) is 4.04. The molecule has 4 heteroatoms. The zero-order valence-electron chi connectivity index (χ0n) is 14.3. The van der Waals surface area contributed by atoms with Crippen molar-refractivity contribution in [1.29, 1.82) is 0 Å². The first-order valence-corrected chi connectivity index (χ1v) is 8.19. The number of fused-ring (bicyclic) bond motifs is 1. The highest BCUT2D eigenvalue weighted by Gasteiger charge is 2.21. The van der Waals surface area contributed by atoms with E-state index >= 15 is 0 Å². The summed E-state index contributed by atoms with van der Waals surface area (Å²) in [5.74, 6) is 0.114. The summed E-state index contributed by atoms with van der Waals surface area (Å²) in [5, 5.41) is 2.96. The minimum atomic E-state index is -0.0276. The number of aryl methyl sites for hydroxylation is 3. The lowest BCUT2D eigenvalue weighted by Gasteiger charge is -2.26. The van der Waals surface area contributed by atoms with Gasteiger partial charge in [-0.1, -0.05) is 18.2 Å². The predicted octanol–water partition coefficient (Wildman–Crippen LogP) is 3.39. The summed E-state index contributed by atoms with van der Waals surface area (Å²) >= 11 is 0. The summed E-state index contributed by atoms with van der Waals surface area (Å²) in [5.41, 5.74) is 6.15. The third-order valence-electron chi connectivity index (χ3n) is 4.36. The van der Waals surface area contributed by atoms with Gasteiger partial charge in [-0.05, 0) is 60.7 Å². The highest BCUT2D eigenvalue weighted by atomic mass is 16.2. The second-order valence-corrected chi connectivity index (χ2v) is 6.52. The molecule has 0 bridgehead atoms. The van der Waals surface area contributed by atoms with E-state index < -0.39 is 0 Å². The van der Waals surface area contributed by atoms with Crippen LogP contribution in [0.25, 0.3) is 0 Å². The summed E-state index contributed by atoms with van der Waals surface area (Å²) in [6, 6.07) is 11.9. The number of carbonyl (C=O) groups excluding carboxylic acids is 2. The molecule has 2 aromatic carbocycles. The van der Waals surface area contributed by atoms with E-state index in [1.807, 2.05) is 44.2 Å². The van der Waals surface area contributed by atoms with E-state index in [2.05, 4.69) is 11.4 Å². The second-order valence-electron chi connectivity index (χ2n) is 6.52. The molecule has 0 atom stereocenters. The van der Waals surface area contributed by atoms with E-state index in [0.29, 0.717) is 12.8 Å². The number of nitrogens with one attached hydrogen (secondary N) is 1. The molecule has 124 valence electrons. The molecule has 1 aliphatic rings. The van der Waals surface area contributed by atoms with Gasteiger partial charge in [0.1, 0.15) is 0 Å². The quantitative estimate of drug-likeness (QED) is 0.941. The Labute approximate surface area is 142 Å². The Morgan fingerprint density at radius 1 is 1.08 bits per heavy atom. The van der Waals surface area contributed by atoms with E-state index in [4.69, 9.17) is 0 Å². The average Bonchev–Trinajstić information content (AvgIpc) is 2.50. The first-order chi connectivity index (χ1) is 11.4. The van der Waals surface area contributed by atoms with Crippen LogP contribution in [-0.4, -0.2) is 18.9 Å². The van der Waals surface area contributed by atoms with Crippen LogP contribution in [0.3, 0.4) is 0 Å². The summed E-state index contributed by atoms with van der Waals surface area (Å²) in [4.78, 5) is 25.7. The summed E-state index contributed by atoms with van der Waals surface area (Å²) in [7, 11) is 1.80. The molecule has 0 aliphatic carbocycles. The fourth-order valence-electron chi connectivity index (χ4n) is 3.26. The minimum Gasteiger partial charge on any atom is -0.326 e.